The second-order valence-electron chi connectivity index (χ2n) is 18.7. The standard InChI is InChI=1S/C46H53ClFN9O6/c1-44(59)25-55(19-21-60-26-44)41-35-38-39(37(52-54(38)3)34-29-23-49-57(33-13-7-8-20-61-33)31(29)22-30(47)36(34)46(48)15-16-46)53(2)40(35)50-42(51-41)63-27-45-14-9-12-32(45)56(18-17-45)43(58)62-24-28-10-5-4-6-11-28/h4-6,10-11,22-23,32-33,59H,7-9,12-21,24-27H2,1-3H3/t32?,33?,44-,45?/m0/s1. The maximum atomic E-state index is 16.7. The van der Waals surface area contributed by atoms with Crippen molar-refractivity contribution in [3.63, 3.8) is 0 Å². The van der Waals surface area contributed by atoms with Crippen LogP contribution in [0.5, 0.6) is 6.01 Å². The Hall–Kier alpha value is -5.03. The van der Waals surface area contributed by atoms with Crippen molar-refractivity contribution >= 4 is 56.5 Å². The van der Waals surface area contributed by atoms with Crippen LogP contribution in [-0.2, 0) is 40.6 Å². The Labute approximate surface area is 369 Å². The van der Waals surface area contributed by atoms with E-state index in [-0.39, 0.29) is 49.5 Å². The fraction of sp³-hybridized carbons (Fsp3) is 0.543. The molecule has 11 rings (SSSR count). The predicted octanol–water partition coefficient (Wildman–Crippen LogP) is 7.73. The molecule has 2 aliphatic carbocycles. The number of aromatic nitrogens is 7. The molecular formula is C46H53ClFN9O6. The molecule has 3 saturated heterocycles. The third-order valence-electron chi connectivity index (χ3n) is 14.2. The number of fused-ring (bicyclic) bond motifs is 5. The Kier molecular flexibility index (Phi) is 9.90. The smallest absolute Gasteiger partial charge is 0.410 e. The van der Waals surface area contributed by atoms with E-state index in [0.717, 1.165) is 77.8 Å². The number of halogens is 2. The minimum absolute atomic E-state index is 0.0314. The molecule has 0 spiro atoms. The lowest BCUT2D eigenvalue weighted by atomic mass is 9.83. The third kappa shape index (κ3) is 6.90. The average molecular weight is 882 g/mol. The van der Waals surface area contributed by atoms with Crippen molar-refractivity contribution in [1.29, 1.82) is 0 Å². The molecule has 7 heterocycles. The average Bonchev–Trinajstić information content (AvgIpc) is 3.65. The molecule has 3 aliphatic heterocycles. The van der Waals surface area contributed by atoms with Crippen molar-refractivity contribution in [2.45, 2.75) is 94.9 Å². The maximum absolute atomic E-state index is 16.7. The van der Waals surface area contributed by atoms with Gasteiger partial charge >= 0.3 is 12.1 Å². The number of carbonyl (C=O) groups excluding carboxylic acids is 1. The number of aryl methyl sites for hydroxylation is 2. The molecule has 4 atom stereocenters. The molecule has 63 heavy (non-hydrogen) atoms. The van der Waals surface area contributed by atoms with E-state index < -0.39 is 11.3 Å². The molecule has 2 saturated carbocycles. The molecule has 0 bridgehead atoms. The number of nitrogens with zero attached hydrogens (tertiary/aromatic N) is 9. The SMILES string of the molecule is Cn1nc(-c2c(C3(F)CC3)c(Cl)cc3c2cnn3C2CCCCO2)c2c1c1c(N3CCOC[C@@](C)(O)C3)nc(OCC34CCCC3N(C(=O)OCc3ccccc3)CC4)nc1n2C. The zero-order chi connectivity index (χ0) is 43.3. The van der Waals surface area contributed by atoms with Gasteiger partial charge in [0.25, 0.3) is 0 Å². The summed E-state index contributed by atoms with van der Waals surface area (Å²) >= 11 is 7.14. The van der Waals surface area contributed by atoms with E-state index in [0.29, 0.717) is 79.1 Å². The molecule has 0 radical (unpaired) electrons. The fourth-order valence-electron chi connectivity index (χ4n) is 10.9. The van der Waals surface area contributed by atoms with Gasteiger partial charge in [-0.1, -0.05) is 48.4 Å². The highest BCUT2D eigenvalue weighted by molar-refractivity contribution is 6.33. The van der Waals surface area contributed by atoms with Crippen molar-refractivity contribution in [3.05, 3.63) is 58.7 Å². The molecule has 1 amide bonds. The molecule has 6 aromatic rings. The van der Waals surface area contributed by atoms with Crippen LogP contribution in [0.15, 0.2) is 42.6 Å². The Bertz CT molecular complexity index is 2740. The number of hydrogen-bond donors (Lipinski definition) is 1. The van der Waals surface area contributed by atoms with Crippen molar-refractivity contribution in [1.82, 2.24) is 39.0 Å². The number of anilines is 1. The highest BCUT2D eigenvalue weighted by Crippen LogP contribution is 2.57. The van der Waals surface area contributed by atoms with Crippen LogP contribution in [0, 0.1) is 5.41 Å². The minimum atomic E-state index is -1.60. The van der Waals surface area contributed by atoms with Crippen LogP contribution in [0.25, 0.3) is 44.2 Å². The summed E-state index contributed by atoms with van der Waals surface area (Å²) < 4.78 is 46.9. The van der Waals surface area contributed by atoms with E-state index in [2.05, 4.69) is 0 Å². The lowest BCUT2D eigenvalue weighted by Crippen LogP contribution is -2.42. The highest BCUT2D eigenvalue weighted by Gasteiger charge is 2.53. The summed E-state index contributed by atoms with van der Waals surface area (Å²) in [6, 6.07) is 11.7. The maximum Gasteiger partial charge on any atom is 0.410 e. The van der Waals surface area contributed by atoms with Crippen molar-refractivity contribution in [2.24, 2.45) is 19.5 Å². The first-order valence-corrected chi connectivity index (χ1v) is 22.7. The lowest BCUT2D eigenvalue weighted by Gasteiger charge is -2.32. The van der Waals surface area contributed by atoms with E-state index in [1.807, 2.05) is 74.2 Å². The molecule has 5 aliphatic rings. The van der Waals surface area contributed by atoms with Gasteiger partial charge in [0.05, 0.1) is 54.5 Å². The lowest BCUT2D eigenvalue weighted by molar-refractivity contribution is -0.0366. The number of amides is 1. The molecule has 3 unspecified atom stereocenters. The summed E-state index contributed by atoms with van der Waals surface area (Å²) in [7, 11) is 3.81. The van der Waals surface area contributed by atoms with Gasteiger partial charge in [-0.05, 0) is 69.9 Å². The van der Waals surface area contributed by atoms with E-state index in [4.69, 9.17) is 50.7 Å². The Morgan fingerprint density at radius 2 is 1.87 bits per heavy atom. The number of benzene rings is 2. The fourth-order valence-corrected chi connectivity index (χ4v) is 11.3. The Balaban J connectivity index is 1.01. The molecule has 5 fully saturated rings. The normalized spacial score (nSPS) is 25.9. The van der Waals surface area contributed by atoms with Crippen LogP contribution in [0.3, 0.4) is 0 Å². The number of β-amino-alcohol motifs (C(OH)–C–C–N with tert-alkyl or cyclic N) is 1. The van der Waals surface area contributed by atoms with Gasteiger partial charge in [0.2, 0.25) is 0 Å². The Morgan fingerprint density at radius 3 is 2.67 bits per heavy atom. The first-order chi connectivity index (χ1) is 30.4. The number of alkyl halides is 1. The van der Waals surface area contributed by atoms with Crippen molar-refractivity contribution in [2.75, 3.05) is 51.0 Å². The van der Waals surface area contributed by atoms with Gasteiger partial charge < -0.3 is 38.4 Å². The van der Waals surface area contributed by atoms with Gasteiger partial charge in [-0.3, -0.25) is 4.68 Å². The topological polar surface area (TPSA) is 147 Å². The number of likely N-dealkylation sites (tertiary alicyclic amines) is 1. The van der Waals surface area contributed by atoms with Gasteiger partial charge in [0, 0.05) is 66.8 Å². The number of aliphatic hydroxyl groups is 1. The summed E-state index contributed by atoms with van der Waals surface area (Å²) in [6.07, 6.45) is 8.29. The third-order valence-corrected chi connectivity index (χ3v) is 14.5. The zero-order valence-corrected chi connectivity index (χ0v) is 36.7. The summed E-state index contributed by atoms with van der Waals surface area (Å²) in [5.74, 6) is 0.571. The van der Waals surface area contributed by atoms with Gasteiger partial charge in [-0.25, -0.2) is 13.9 Å². The van der Waals surface area contributed by atoms with Crippen LogP contribution in [0.1, 0.15) is 82.1 Å². The molecule has 1 N–H and O–H groups in total. The number of rotatable bonds is 9. The molecule has 17 heteroatoms. The first-order valence-electron chi connectivity index (χ1n) is 22.3. The number of carbonyl (C=O) groups is 1. The second-order valence-corrected chi connectivity index (χ2v) is 19.1. The van der Waals surface area contributed by atoms with Crippen LogP contribution in [-0.4, -0.2) is 108 Å². The van der Waals surface area contributed by atoms with Gasteiger partial charge in [0.15, 0.2) is 11.9 Å². The Morgan fingerprint density at radius 1 is 1.03 bits per heavy atom. The molecule has 15 nitrogen and oxygen atoms in total. The van der Waals surface area contributed by atoms with E-state index in [1.165, 1.54) is 0 Å². The summed E-state index contributed by atoms with van der Waals surface area (Å²) in [4.78, 5) is 27.7. The van der Waals surface area contributed by atoms with E-state index in [1.54, 1.807) is 13.1 Å². The van der Waals surface area contributed by atoms with Gasteiger partial charge in [-0.15, -0.1) is 0 Å². The predicted molar refractivity (Wildman–Crippen MR) is 235 cm³/mol. The van der Waals surface area contributed by atoms with Crippen molar-refractivity contribution in [3.8, 4) is 17.3 Å². The quantitative estimate of drug-likeness (QED) is 0.152. The van der Waals surface area contributed by atoms with Crippen LogP contribution < -0.4 is 9.64 Å². The van der Waals surface area contributed by atoms with Gasteiger partial charge in [-0.2, -0.15) is 20.2 Å². The number of hydrogen-bond acceptors (Lipinski definition) is 11. The number of ether oxygens (including phenoxy) is 4. The zero-order valence-electron chi connectivity index (χ0n) is 36.0. The molecule has 4 aromatic heterocycles. The second kappa shape index (κ2) is 15.3. The highest BCUT2D eigenvalue weighted by atomic mass is 35.5. The molecule has 2 aromatic carbocycles. The first kappa shape index (κ1) is 40.7. The largest absolute Gasteiger partial charge is 0.463 e. The van der Waals surface area contributed by atoms with Crippen LogP contribution in [0.4, 0.5) is 15.0 Å². The summed E-state index contributed by atoms with van der Waals surface area (Å²) in [6.45, 7) is 4.78. The van der Waals surface area contributed by atoms with Crippen LogP contribution >= 0.6 is 11.6 Å². The minimum Gasteiger partial charge on any atom is -0.463 e. The van der Waals surface area contributed by atoms with Crippen LogP contribution in [0.2, 0.25) is 5.02 Å². The molecular weight excluding hydrogens is 829 g/mol. The summed E-state index contributed by atoms with van der Waals surface area (Å²) in [5, 5.41) is 23.2. The van der Waals surface area contributed by atoms with Crippen molar-refractivity contribution < 1.29 is 33.2 Å². The van der Waals surface area contributed by atoms with E-state index >= 15 is 4.39 Å². The monoisotopic (exact) mass is 881 g/mol. The van der Waals surface area contributed by atoms with E-state index in [9.17, 15) is 9.90 Å². The summed E-state index contributed by atoms with van der Waals surface area (Å²) in [5.41, 5.74) is 2.29. The van der Waals surface area contributed by atoms with Gasteiger partial charge in [0.1, 0.15) is 29.4 Å². The molecule has 332 valence electrons.